The van der Waals surface area contributed by atoms with Crippen molar-refractivity contribution >= 4 is 21.7 Å². The Labute approximate surface area is 125 Å². The van der Waals surface area contributed by atoms with E-state index in [1.54, 1.807) is 0 Å². The molecule has 2 rings (SSSR count). The molecule has 0 atom stereocenters. The van der Waals surface area contributed by atoms with E-state index in [1.165, 1.54) is 19.2 Å². The Hall–Kier alpha value is -1.68. The first-order chi connectivity index (χ1) is 9.45. The zero-order valence-electron chi connectivity index (χ0n) is 11.5. The van der Waals surface area contributed by atoms with E-state index in [0.717, 1.165) is 11.1 Å². The van der Waals surface area contributed by atoms with Crippen LogP contribution in [0.4, 0.5) is 4.39 Å². The Morgan fingerprint density at radius 2 is 1.80 bits per heavy atom. The molecule has 4 heteroatoms. The molecule has 0 aromatic heterocycles. The molecule has 2 aromatic carbocycles. The number of ketones is 1. The Kier molecular flexibility index (Phi) is 4.23. The van der Waals surface area contributed by atoms with Crippen LogP contribution in [0.5, 0.6) is 5.75 Å². The molecule has 0 spiro atoms. The van der Waals surface area contributed by atoms with Crippen molar-refractivity contribution in [1.82, 2.24) is 0 Å². The Balaban J connectivity index is 2.62. The number of rotatable bonds is 3. The highest BCUT2D eigenvalue weighted by Crippen LogP contribution is 2.29. The highest BCUT2D eigenvalue weighted by Gasteiger charge is 2.20. The molecule has 0 aliphatic carbocycles. The SMILES string of the molecule is COc1cc(F)c(Br)cc1C(=O)c1c(C)cccc1C. The van der Waals surface area contributed by atoms with Gasteiger partial charge < -0.3 is 4.74 Å². The fourth-order valence-corrected chi connectivity index (χ4v) is 2.53. The maximum absolute atomic E-state index is 13.5. The van der Waals surface area contributed by atoms with Gasteiger partial charge in [0, 0.05) is 11.6 Å². The zero-order valence-corrected chi connectivity index (χ0v) is 13.0. The second-order valence-electron chi connectivity index (χ2n) is 4.56. The normalized spacial score (nSPS) is 10.4. The van der Waals surface area contributed by atoms with Gasteiger partial charge in [-0.3, -0.25) is 4.79 Å². The summed E-state index contributed by atoms with van der Waals surface area (Å²) in [5, 5.41) is 0. The molecule has 0 aliphatic rings. The van der Waals surface area contributed by atoms with Crippen molar-refractivity contribution in [3.63, 3.8) is 0 Å². The highest BCUT2D eigenvalue weighted by molar-refractivity contribution is 9.10. The molecule has 2 aromatic rings. The summed E-state index contributed by atoms with van der Waals surface area (Å²) < 4.78 is 18.9. The number of hydrogen-bond donors (Lipinski definition) is 0. The van der Waals surface area contributed by atoms with Gasteiger partial charge >= 0.3 is 0 Å². The van der Waals surface area contributed by atoms with Crippen molar-refractivity contribution in [2.24, 2.45) is 0 Å². The van der Waals surface area contributed by atoms with Crippen LogP contribution in [0.3, 0.4) is 0 Å². The van der Waals surface area contributed by atoms with Crippen LogP contribution in [0.1, 0.15) is 27.0 Å². The second kappa shape index (κ2) is 5.75. The number of methoxy groups -OCH3 is 1. The standard InChI is InChI=1S/C16H14BrFO2/c1-9-5-4-6-10(2)15(9)16(19)11-7-12(17)13(18)8-14(11)20-3/h4-8H,1-3H3. The van der Waals surface area contributed by atoms with Crippen LogP contribution >= 0.6 is 15.9 Å². The molecule has 2 nitrogen and oxygen atoms in total. The van der Waals surface area contributed by atoms with E-state index < -0.39 is 5.82 Å². The summed E-state index contributed by atoms with van der Waals surface area (Å²) in [6.07, 6.45) is 0. The number of benzene rings is 2. The molecule has 0 heterocycles. The fourth-order valence-electron chi connectivity index (χ4n) is 2.18. The molecule has 104 valence electrons. The topological polar surface area (TPSA) is 26.3 Å². The lowest BCUT2D eigenvalue weighted by Gasteiger charge is -2.12. The van der Waals surface area contributed by atoms with Crippen molar-refractivity contribution in [1.29, 1.82) is 0 Å². The van der Waals surface area contributed by atoms with E-state index in [0.29, 0.717) is 11.1 Å². The van der Waals surface area contributed by atoms with Gasteiger partial charge in [-0.1, -0.05) is 18.2 Å². The van der Waals surface area contributed by atoms with Gasteiger partial charge in [0.2, 0.25) is 0 Å². The lowest BCUT2D eigenvalue weighted by molar-refractivity contribution is 0.103. The van der Waals surface area contributed by atoms with Crippen LogP contribution in [0.2, 0.25) is 0 Å². The Bertz CT molecular complexity index is 660. The van der Waals surface area contributed by atoms with Gasteiger partial charge in [-0.15, -0.1) is 0 Å². The van der Waals surface area contributed by atoms with Crippen LogP contribution in [0.25, 0.3) is 0 Å². The first-order valence-corrected chi connectivity index (χ1v) is 6.89. The molecule has 0 saturated heterocycles. The van der Waals surface area contributed by atoms with E-state index in [4.69, 9.17) is 4.74 Å². The quantitative estimate of drug-likeness (QED) is 0.774. The second-order valence-corrected chi connectivity index (χ2v) is 5.42. The summed E-state index contributed by atoms with van der Waals surface area (Å²) in [5.41, 5.74) is 2.75. The summed E-state index contributed by atoms with van der Waals surface area (Å²) >= 11 is 3.10. The molecule has 0 aliphatic heterocycles. The minimum Gasteiger partial charge on any atom is -0.496 e. The van der Waals surface area contributed by atoms with Crippen LogP contribution < -0.4 is 4.74 Å². The third-order valence-corrected chi connectivity index (χ3v) is 3.80. The van der Waals surface area contributed by atoms with Crippen molar-refractivity contribution in [2.75, 3.05) is 7.11 Å². The number of carbonyl (C=O) groups is 1. The highest BCUT2D eigenvalue weighted by atomic mass is 79.9. The average Bonchev–Trinajstić information content (AvgIpc) is 2.41. The molecule has 0 bridgehead atoms. The number of halogens is 2. The fraction of sp³-hybridized carbons (Fsp3) is 0.188. The summed E-state index contributed by atoms with van der Waals surface area (Å²) in [5.74, 6) is -0.392. The van der Waals surface area contributed by atoms with E-state index in [1.807, 2.05) is 32.0 Å². The zero-order chi connectivity index (χ0) is 14.9. The largest absolute Gasteiger partial charge is 0.496 e. The smallest absolute Gasteiger partial charge is 0.197 e. The van der Waals surface area contributed by atoms with Crippen LogP contribution in [-0.2, 0) is 0 Å². The predicted molar refractivity (Wildman–Crippen MR) is 80.0 cm³/mol. The van der Waals surface area contributed by atoms with Gasteiger partial charge in [-0.2, -0.15) is 0 Å². The molecule has 0 fully saturated rings. The first kappa shape index (κ1) is 14.7. The van der Waals surface area contributed by atoms with Crippen molar-refractivity contribution < 1.29 is 13.9 Å². The number of aryl methyl sites for hydroxylation is 2. The van der Waals surface area contributed by atoms with Gasteiger partial charge in [0.15, 0.2) is 5.78 Å². The third-order valence-electron chi connectivity index (χ3n) is 3.20. The molecule has 20 heavy (non-hydrogen) atoms. The van der Waals surface area contributed by atoms with Crippen molar-refractivity contribution in [3.8, 4) is 5.75 Å². The molecule has 0 unspecified atom stereocenters. The molecule has 0 amide bonds. The predicted octanol–water partition coefficient (Wildman–Crippen LogP) is 4.44. The number of carbonyl (C=O) groups excluding carboxylic acids is 1. The number of hydrogen-bond acceptors (Lipinski definition) is 2. The monoisotopic (exact) mass is 336 g/mol. The van der Waals surface area contributed by atoms with E-state index in [9.17, 15) is 9.18 Å². The first-order valence-electron chi connectivity index (χ1n) is 6.09. The molecular weight excluding hydrogens is 323 g/mol. The molecule has 0 saturated carbocycles. The summed E-state index contributed by atoms with van der Waals surface area (Å²) in [4.78, 5) is 12.7. The van der Waals surface area contributed by atoms with Gasteiger partial charge in [0.05, 0.1) is 17.1 Å². The Morgan fingerprint density at radius 3 is 2.35 bits per heavy atom. The lowest BCUT2D eigenvalue weighted by Crippen LogP contribution is -2.08. The summed E-state index contributed by atoms with van der Waals surface area (Å²) in [6.45, 7) is 3.76. The van der Waals surface area contributed by atoms with E-state index >= 15 is 0 Å². The average molecular weight is 337 g/mol. The van der Waals surface area contributed by atoms with Gasteiger partial charge in [0.1, 0.15) is 11.6 Å². The minimum absolute atomic E-state index is 0.168. The molecular formula is C16H14BrFO2. The van der Waals surface area contributed by atoms with Gasteiger partial charge in [-0.25, -0.2) is 4.39 Å². The molecule has 0 N–H and O–H groups in total. The minimum atomic E-state index is -0.458. The molecule has 0 radical (unpaired) electrons. The van der Waals surface area contributed by atoms with Crippen molar-refractivity contribution in [3.05, 3.63) is 62.9 Å². The van der Waals surface area contributed by atoms with E-state index in [-0.39, 0.29) is 16.0 Å². The lowest BCUT2D eigenvalue weighted by atomic mass is 9.94. The van der Waals surface area contributed by atoms with E-state index in [2.05, 4.69) is 15.9 Å². The van der Waals surface area contributed by atoms with Crippen LogP contribution in [-0.4, -0.2) is 12.9 Å². The van der Waals surface area contributed by atoms with Crippen molar-refractivity contribution in [2.45, 2.75) is 13.8 Å². The number of ether oxygens (including phenoxy) is 1. The maximum Gasteiger partial charge on any atom is 0.197 e. The Morgan fingerprint density at radius 1 is 1.20 bits per heavy atom. The maximum atomic E-state index is 13.5. The van der Waals surface area contributed by atoms with Gasteiger partial charge in [-0.05, 0) is 47.0 Å². The van der Waals surface area contributed by atoms with Gasteiger partial charge in [0.25, 0.3) is 0 Å². The van der Waals surface area contributed by atoms with Crippen LogP contribution in [0.15, 0.2) is 34.8 Å². The summed E-state index contributed by atoms with van der Waals surface area (Å²) in [7, 11) is 1.42. The third kappa shape index (κ3) is 2.61. The summed E-state index contributed by atoms with van der Waals surface area (Å²) in [6, 6.07) is 8.34. The van der Waals surface area contributed by atoms with Crippen LogP contribution in [0, 0.1) is 19.7 Å².